The van der Waals surface area contributed by atoms with Crippen LogP contribution in [-0.2, 0) is 10.0 Å². The molecule has 0 radical (unpaired) electrons. The van der Waals surface area contributed by atoms with Gasteiger partial charge in [0.2, 0.25) is 10.0 Å². The van der Waals surface area contributed by atoms with E-state index in [1.807, 2.05) is 50.2 Å². The number of aryl methyl sites for hydroxylation is 2. The molecular formula is C15H16N2O2S. The Hall–Kier alpha value is -1.85. The molecule has 20 heavy (non-hydrogen) atoms. The maximum Gasteiger partial charge on any atom is 0.244 e. The van der Waals surface area contributed by atoms with Crippen LogP contribution in [0.3, 0.4) is 0 Å². The van der Waals surface area contributed by atoms with Gasteiger partial charge in [-0.2, -0.15) is 4.72 Å². The zero-order valence-electron chi connectivity index (χ0n) is 11.3. The van der Waals surface area contributed by atoms with Gasteiger partial charge in [-0.15, -0.1) is 0 Å². The Labute approximate surface area is 118 Å². The van der Waals surface area contributed by atoms with E-state index in [-0.39, 0.29) is 0 Å². The average Bonchev–Trinajstić information content (AvgIpc) is 2.40. The van der Waals surface area contributed by atoms with E-state index in [1.165, 1.54) is 0 Å². The van der Waals surface area contributed by atoms with Crippen molar-refractivity contribution < 1.29 is 8.42 Å². The molecule has 1 heterocycles. The predicted octanol–water partition coefficient (Wildman–Crippen LogP) is 2.71. The summed E-state index contributed by atoms with van der Waals surface area (Å²) >= 11 is 0. The molecule has 0 amide bonds. The summed E-state index contributed by atoms with van der Waals surface area (Å²) in [6, 6.07) is 13.2. The van der Waals surface area contributed by atoms with E-state index in [2.05, 4.69) is 10.0 Å². The highest BCUT2D eigenvalue weighted by Gasteiger charge is 2.31. The lowest BCUT2D eigenvalue weighted by atomic mass is 10.1. The number of hydrogen-bond donors (Lipinski definition) is 2. The molecule has 4 nitrogen and oxygen atoms in total. The largest absolute Gasteiger partial charge is 0.364 e. The second-order valence-electron chi connectivity index (χ2n) is 5.06. The van der Waals surface area contributed by atoms with E-state index >= 15 is 0 Å². The summed E-state index contributed by atoms with van der Waals surface area (Å²) in [6.45, 7) is 3.81. The number of nitrogens with one attached hydrogen (secondary N) is 2. The number of hydrogen-bond acceptors (Lipinski definition) is 3. The van der Waals surface area contributed by atoms with E-state index in [9.17, 15) is 8.42 Å². The first-order valence-electron chi connectivity index (χ1n) is 6.42. The normalized spacial score (nSPS) is 20.0. The van der Waals surface area contributed by atoms with Gasteiger partial charge in [-0.05, 0) is 36.6 Å². The van der Waals surface area contributed by atoms with Crippen LogP contribution in [0.15, 0.2) is 47.4 Å². The molecule has 0 saturated carbocycles. The Bertz CT molecular complexity index is 755. The van der Waals surface area contributed by atoms with E-state index in [1.54, 1.807) is 6.07 Å². The van der Waals surface area contributed by atoms with Crippen LogP contribution >= 0.6 is 0 Å². The lowest BCUT2D eigenvalue weighted by Crippen LogP contribution is -2.38. The third-order valence-electron chi connectivity index (χ3n) is 3.43. The third-order valence-corrected chi connectivity index (χ3v) is 4.87. The van der Waals surface area contributed by atoms with Gasteiger partial charge in [-0.1, -0.05) is 36.4 Å². The third kappa shape index (κ3) is 2.19. The quantitative estimate of drug-likeness (QED) is 0.848. The Morgan fingerprint density at radius 1 is 1.05 bits per heavy atom. The fourth-order valence-corrected chi connectivity index (χ4v) is 3.98. The molecule has 104 valence electrons. The molecule has 1 aliphatic heterocycles. The molecule has 0 fully saturated rings. The van der Waals surface area contributed by atoms with Gasteiger partial charge in [-0.3, -0.25) is 0 Å². The lowest BCUT2D eigenvalue weighted by Gasteiger charge is -2.29. The highest BCUT2D eigenvalue weighted by Crippen LogP contribution is 2.34. The number of anilines is 1. The summed E-state index contributed by atoms with van der Waals surface area (Å²) in [5, 5.41) is 3.27. The molecule has 1 atom stereocenters. The molecule has 2 N–H and O–H groups in total. The van der Waals surface area contributed by atoms with Crippen molar-refractivity contribution in [1.29, 1.82) is 0 Å². The van der Waals surface area contributed by atoms with Crippen molar-refractivity contribution >= 4 is 15.7 Å². The second-order valence-corrected chi connectivity index (χ2v) is 6.75. The van der Waals surface area contributed by atoms with Crippen LogP contribution in [0.25, 0.3) is 0 Å². The highest BCUT2D eigenvalue weighted by molar-refractivity contribution is 7.89. The minimum Gasteiger partial charge on any atom is -0.364 e. The summed E-state index contributed by atoms with van der Waals surface area (Å²) in [4.78, 5) is 0.321. The molecule has 0 spiro atoms. The highest BCUT2D eigenvalue weighted by atomic mass is 32.2. The van der Waals surface area contributed by atoms with Crippen molar-refractivity contribution in [1.82, 2.24) is 4.72 Å². The van der Waals surface area contributed by atoms with Gasteiger partial charge < -0.3 is 5.32 Å². The molecule has 3 rings (SSSR count). The van der Waals surface area contributed by atoms with Crippen molar-refractivity contribution in [2.24, 2.45) is 0 Å². The molecule has 0 aliphatic carbocycles. The van der Waals surface area contributed by atoms with Crippen LogP contribution < -0.4 is 10.0 Å². The fourth-order valence-electron chi connectivity index (χ4n) is 2.51. The van der Waals surface area contributed by atoms with Gasteiger partial charge in [0, 0.05) is 0 Å². The topological polar surface area (TPSA) is 58.2 Å². The number of sulfonamides is 1. The summed E-state index contributed by atoms with van der Waals surface area (Å²) in [7, 11) is -3.50. The maximum atomic E-state index is 12.4. The molecule has 0 aromatic heterocycles. The van der Waals surface area contributed by atoms with E-state index in [0.29, 0.717) is 10.6 Å². The van der Waals surface area contributed by atoms with Gasteiger partial charge in [0.15, 0.2) is 0 Å². The molecule has 5 heteroatoms. The molecule has 0 saturated heterocycles. The van der Waals surface area contributed by atoms with Crippen LogP contribution in [-0.4, -0.2) is 8.42 Å². The molecule has 2 aromatic rings. The predicted molar refractivity (Wildman–Crippen MR) is 79.0 cm³/mol. The standard InChI is InChI=1S/C15H16N2O2S/c1-10-8-11(2)14-13(9-10)20(18,19)17-15(16-14)12-6-4-3-5-7-12/h3-9,15-17H,1-2H3. The van der Waals surface area contributed by atoms with Gasteiger partial charge in [-0.25, -0.2) is 8.42 Å². The number of fused-ring (bicyclic) bond motifs is 1. The van der Waals surface area contributed by atoms with Crippen LogP contribution in [0.1, 0.15) is 22.9 Å². The van der Waals surface area contributed by atoms with E-state index < -0.39 is 16.2 Å². The van der Waals surface area contributed by atoms with Crippen LogP contribution in [0.2, 0.25) is 0 Å². The van der Waals surface area contributed by atoms with Crippen molar-refractivity contribution in [2.45, 2.75) is 24.9 Å². The summed E-state index contributed by atoms with van der Waals surface area (Å²) < 4.78 is 27.5. The molecule has 1 unspecified atom stereocenters. The Kier molecular flexibility index (Phi) is 3.03. The van der Waals surface area contributed by atoms with Crippen LogP contribution in [0.5, 0.6) is 0 Å². The average molecular weight is 288 g/mol. The summed E-state index contributed by atoms with van der Waals surface area (Å²) in [5.41, 5.74) is 3.45. The molecule has 2 aromatic carbocycles. The maximum absolute atomic E-state index is 12.4. The minimum atomic E-state index is -3.50. The first kappa shape index (κ1) is 13.1. The Balaban J connectivity index is 2.13. The molecule has 0 bridgehead atoms. The lowest BCUT2D eigenvalue weighted by molar-refractivity contribution is 0.562. The SMILES string of the molecule is Cc1cc(C)c2c(c1)S(=O)(=O)NC(c1ccccc1)N2. The fraction of sp³-hybridized carbons (Fsp3) is 0.200. The number of rotatable bonds is 1. The van der Waals surface area contributed by atoms with E-state index in [0.717, 1.165) is 16.7 Å². The molecular weight excluding hydrogens is 272 g/mol. The first-order chi connectivity index (χ1) is 9.47. The Morgan fingerprint density at radius 2 is 1.75 bits per heavy atom. The monoisotopic (exact) mass is 288 g/mol. The van der Waals surface area contributed by atoms with Crippen molar-refractivity contribution in [3.63, 3.8) is 0 Å². The van der Waals surface area contributed by atoms with Crippen LogP contribution in [0.4, 0.5) is 5.69 Å². The minimum absolute atomic E-state index is 0.321. The van der Waals surface area contributed by atoms with Crippen molar-refractivity contribution in [3.05, 3.63) is 59.2 Å². The zero-order valence-corrected chi connectivity index (χ0v) is 12.2. The molecule has 1 aliphatic rings. The van der Waals surface area contributed by atoms with Gasteiger partial charge >= 0.3 is 0 Å². The van der Waals surface area contributed by atoms with Gasteiger partial charge in [0.25, 0.3) is 0 Å². The number of benzene rings is 2. The van der Waals surface area contributed by atoms with Crippen LogP contribution in [0, 0.1) is 13.8 Å². The first-order valence-corrected chi connectivity index (χ1v) is 7.91. The summed E-state index contributed by atoms with van der Waals surface area (Å²) in [6.07, 6.45) is -0.435. The van der Waals surface area contributed by atoms with Gasteiger partial charge in [0.1, 0.15) is 11.1 Å². The summed E-state index contributed by atoms with van der Waals surface area (Å²) in [5.74, 6) is 0. The second kappa shape index (κ2) is 4.61. The van der Waals surface area contributed by atoms with E-state index in [4.69, 9.17) is 0 Å². The van der Waals surface area contributed by atoms with Gasteiger partial charge in [0.05, 0.1) is 5.69 Å². The Morgan fingerprint density at radius 3 is 2.45 bits per heavy atom. The van der Waals surface area contributed by atoms with Crippen molar-refractivity contribution in [3.8, 4) is 0 Å². The van der Waals surface area contributed by atoms with Crippen molar-refractivity contribution in [2.75, 3.05) is 5.32 Å². The zero-order chi connectivity index (χ0) is 14.3. The smallest absolute Gasteiger partial charge is 0.244 e.